The largest absolute Gasteiger partial charge is 0.380 e. The highest BCUT2D eigenvalue weighted by molar-refractivity contribution is 5.98. The Morgan fingerprint density at radius 1 is 1.27 bits per heavy atom. The minimum atomic E-state index is -1.37. The fourth-order valence-corrected chi connectivity index (χ4v) is 2.97. The summed E-state index contributed by atoms with van der Waals surface area (Å²) in [5.74, 6) is 0.257. The van der Waals surface area contributed by atoms with E-state index in [0.717, 1.165) is 0 Å². The third kappa shape index (κ3) is 5.57. The summed E-state index contributed by atoms with van der Waals surface area (Å²) in [5, 5.41) is 28.7. The van der Waals surface area contributed by atoms with E-state index in [1.54, 1.807) is 6.07 Å². The summed E-state index contributed by atoms with van der Waals surface area (Å²) < 4.78 is 15.0. The third-order valence-electron chi connectivity index (χ3n) is 4.55. The molecule has 10 nitrogen and oxygen atoms in total. The van der Waals surface area contributed by atoms with Crippen LogP contribution in [-0.4, -0.2) is 57.4 Å². The summed E-state index contributed by atoms with van der Waals surface area (Å²) in [6.07, 6.45) is 3.48. The molecule has 0 saturated carbocycles. The van der Waals surface area contributed by atoms with Crippen LogP contribution >= 0.6 is 0 Å². The van der Waals surface area contributed by atoms with Crippen LogP contribution in [0.5, 0.6) is 0 Å². The molecule has 0 atom stereocenters. The van der Waals surface area contributed by atoms with Crippen LogP contribution in [0.15, 0.2) is 18.5 Å². The molecule has 1 fully saturated rings. The van der Waals surface area contributed by atoms with Crippen molar-refractivity contribution >= 4 is 23.2 Å². The van der Waals surface area contributed by atoms with Crippen molar-refractivity contribution in [2.24, 2.45) is 0 Å². The standard InChI is InChI=1S/C19H24FN9O/c1-12(2)26-18(30)17-14(25-11-19(20)3-5-22-6-4-19)7-15(28-29-17)27-16-10-23-13(8-21)9-24-16/h7,9-10,12,22H,3-6,11H2,1-2H3,(H,26,30)(H2,24,25,27,28). The van der Waals surface area contributed by atoms with E-state index in [-0.39, 0.29) is 24.0 Å². The Morgan fingerprint density at radius 3 is 2.67 bits per heavy atom. The Hall–Kier alpha value is -3.39. The molecule has 0 aromatic carbocycles. The van der Waals surface area contributed by atoms with E-state index >= 15 is 4.39 Å². The van der Waals surface area contributed by atoms with E-state index in [4.69, 9.17) is 5.26 Å². The van der Waals surface area contributed by atoms with Crippen molar-refractivity contribution < 1.29 is 9.18 Å². The second-order valence-electron chi connectivity index (χ2n) is 7.40. The molecule has 30 heavy (non-hydrogen) atoms. The lowest BCUT2D eigenvalue weighted by atomic mass is 9.94. The predicted molar refractivity (Wildman–Crippen MR) is 109 cm³/mol. The molecule has 0 spiro atoms. The number of rotatable bonds is 7. The van der Waals surface area contributed by atoms with E-state index in [9.17, 15) is 4.79 Å². The first-order valence-electron chi connectivity index (χ1n) is 9.70. The molecule has 11 heteroatoms. The van der Waals surface area contributed by atoms with E-state index in [1.807, 2.05) is 19.9 Å². The van der Waals surface area contributed by atoms with Crippen LogP contribution in [0.25, 0.3) is 0 Å². The summed E-state index contributed by atoms with van der Waals surface area (Å²) >= 11 is 0. The Morgan fingerprint density at radius 2 is 2.03 bits per heavy atom. The van der Waals surface area contributed by atoms with E-state index in [2.05, 4.69) is 41.4 Å². The van der Waals surface area contributed by atoms with Gasteiger partial charge in [-0.1, -0.05) is 0 Å². The van der Waals surface area contributed by atoms with Crippen LogP contribution in [0.3, 0.4) is 0 Å². The molecule has 1 saturated heterocycles. The minimum Gasteiger partial charge on any atom is -0.380 e. The van der Waals surface area contributed by atoms with Gasteiger partial charge in [-0.15, -0.1) is 10.2 Å². The number of halogens is 1. The first-order chi connectivity index (χ1) is 14.4. The average molecular weight is 413 g/mol. The van der Waals surface area contributed by atoms with E-state index in [1.165, 1.54) is 12.4 Å². The Labute approximate surface area is 173 Å². The van der Waals surface area contributed by atoms with Crippen molar-refractivity contribution in [2.45, 2.75) is 38.4 Å². The fraction of sp³-hybridized carbons (Fsp3) is 0.474. The number of hydrogen-bond donors (Lipinski definition) is 4. The molecule has 0 bridgehead atoms. The van der Waals surface area contributed by atoms with Crippen LogP contribution in [0.4, 0.5) is 21.7 Å². The molecule has 2 aromatic rings. The topological polar surface area (TPSA) is 141 Å². The number of anilines is 3. The second-order valence-corrected chi connectivity index (χ2v) is 7.40. The minimum absolute atomic E-state index is 0.0540. The zero-order valence-electron chi connectivity index (χ0n) is 16.9. The Balaban J connectivity index is 1.81. The molecule has 1 amide bonds. The first-order valence-corrected chi connectivity index (χ1v) is 9.70. The SMILES string of the molecule is CC(C)NC(=O)c1nnc(Nc2cnc(C#N)cn2)cc1NCC1(F)CCNCC1. The fourth-order valence-electron chi connectivity index (χ4n) is 2.97. The summed E-state index contributed by atoms with van der Waals surface area (Å²) in [5.41, 5.74) is -0.739. The van der Waals surface area contributed by atoms with E-state index in [0.29, 0.717) is 43.3 Å². The summed E-state index contributed by atoms with van der Waals surface area (Å²) in [7, 11) is 0. The summed E-state index contributed by atoms with van der Waals surface area (Å²) in [6.45, 7) is 4.95. The van der Waals surface area contributed by atoms with Crippen molar-refractivity contribution in [1.82, 2.24) is 30.8 Å². The molecule has 4 N–H and O–H groups in total. The van der Waals surface area contributed by atoms with Crippen LogP contribution in [-0.2, 0) is 0 Å². The lowest BCUT2D eigenvalue weighted by molar-refractivity contribution is 0.0937. The highest BCUT2D eigenvalue weighted by Crippen LogP contribution is 2.26. The van der Waals surface area contributed by atoms with Gasteiger partial charge < -0.3 is 21.3 Å². The monoisotopic (exact) mass is 413 g/mol. The quantitative estimate of drug-likeness (QED) is 0.532. The van der Waals surface area contributed by atoms with Gasteiger partial charge in [0.1, 0.15) is 17.6 Å². The number of hydrogen-bond acceptors (Lipinski definition) is 9. The molecule has 0 radical (unpaired) electrons. The molecular weight excluding hydrogens is 389 g/mol. The molecule has 3 heterocycles. The Kier molecular flexibility index (Phi) is 6.68. The number of nitrogens with one attached hydrogen (secondary N) is 4. The van der Waals surface area contributed by atoms with Gasteiger partial charge in [-0.05, 0) is 39.8 Å². The van der Waals surface area contributed by atoms with Gasteiger partial charge in [-0.2, -0.15) is 5.26 Å². The molecule has 3 rings (SSSR count). The molecule has 158 valence electrons. The molecule has 1 aliphatic rings. The number of piperidine rings is 1. The Bertz CT molecular complexity index is 921. The number of alkyl halides is 1. The number of nitriles is 1. The highest BCUT2D eigenvalue weighted by atomic mass is 19.1. The van der Waals surface area contributed by atoms with Gasteiger partial charge >= 0.3 is 0 Å². The maximum atomic E-state index is 15.0. The van der Waals surface area contributed by atoms with Crippen molar-refractivity contribution in [2.75, 3.05) is 30.3 Å². The predicted octanol–water partition coefficient (Wildman–Crippen LogP) is 1.52. The smallest absolute Gasteiger partial charge is 0.274 e. The summed E-state index contributed by atoms with van der Waals surface area (Å²) in [4.78, 5) is 20.5. The maximum absolute atomic E-state index is 15.0. The summed E-state index contributed by atoms with van der Waals surface area (Å²) in [6, 6.07) is 3.38. The first kappa shape index (κ1) is 21.3. The van der Waals surface area contributed by atoms with Gasteiger partial charge in [0.25, 0.3) is 5.91 Å². The zero-order chi connectivity index (χ0) is 21.6. The molecule has 1 aliphatic heterocycles. The number of carbonyl (C=O) groups excluding carboxylic acids is 1. The normalized spacial score (nSPS) is 15.3. The molecular formula is C19H24FN9O. The third-order valence-corrected chi connectivity index (χ3v) is 4.55. The van der Waals surface area contributed by atoms with Gasteiger partial charge in [0.2, 0.25) is 0 Å². The van der Waals surface area contributed by atoms with Gasteiger partial charge in [-0.3, -0.25) is 4.79 Å². The van der Waals surface area contributed by atoms with Gasteiger partial charge in [0.05, 0.1) is 18.1 Å². The lowest BCUT2D eigenvalue weighted by Crippen LogP contribution is -2.43. The number of carbonyl (C=O) groups is 1. The van der Waals surface area contributed by atoms with Crippen LogP contribution in [0.2, 0.25) is 0 Å². The zero-order valence-corrected chi connectivity index (χ0v) is 16.9. The molecule has 0 aliphatic carbocycles. The average Bonchev–Trinajstić information content (AvgIpc) is 2.73. The lowest BCUT2D eigenvalue weighted by Gasteiger charge is -2.30. The van der Waals surface area contributed by atoms with Crippen LogP contribution in [0, 0.1) is 11.3 Å². The maximum Gasteiger partial charge on any atom is 0.274 e. The van der Waals surface area contributed by atoms with Crippen molar-refractivity contribution in [3.05, 3.63) is 29.8 Å². The molecule has 2 aromatic heterocycles. The van der Waals surface area contributed by atoms with Gasteiger partial charge in [0, 0.05) is 18.7 Å². The van der Waals surface area contributed by atoms with Gasteiger partial charge in [0.15, 0.2) is 17.2 Å². The van der Waals surface area contributed by atoms with Crippen LogP contribution < -0.4 is 21.3 Å². The van der Waals surface area contributed by atoms with Gasteiger partial charge in [-0.25, -0.2) is 14.4 Å². The van der Waals surface area contributed by atoms with Crippen molar-refractivity contribution in [1.29, 1.82) is 5.26 Å². The molecule has 0 unspecified atom stereocenters. The number of nitrogens with zero attached hydrogens (tertiary/aromatic N) is 5. The van der Waals surface area contributed by atoms with E-state index < -0.39 is 11.6 Å². The highest BCUT2D eigenvalue weighted by Gasteiger charge is 2.32. The van der Waals surface area contributed by atoms with Crippen LogP contribution in [0.1, 0.15) is 42.9 Å². The number of amides is 1. The van der Waals surface area contributed by atoms with Crippen molar-refractivity contribution in [3.63, 3.8) is 0 Å². The number of aromatic nitrogens is 4. The van der Waals surface area contributed by atoms with Crippen molar-refractivity contribution in [3.8, 4) is 6.07 Å². The second kappa shape index (κ2) is 9.41.